The molecule has 3 heterocycles. The van der Waals surface area contributed by atoms with Crippen molar-refractivity contribution in [2.75, 3.05) is 60.5 Å². The predicted octanol–water partition coefficient (Wildman–Crippen LogP) is 3.63. The van der Waals surface area contributed by atoms with Gasteiger partial charge in [-0.05, 0) is 48.9 Å². The number of hydrogen-bond donors (Lipinski definition) is 1. The topological polar surface area (TPSA) is 95.9 Å². The zero-order chi connectivity index (χ0) is 29.4. The number of aliphatic carboxylic acids is 1. The third kappa shape index (κ3) is 8.49. The maximum atomic E-state index is 13.8. The zero-order valence-electron chi connectivity index (χ0n) is 25.3. The molecule has 4 rings (SSSR count). The fraction of sp³-hybridized carbons (Fsp3) is 0.625. The van der Waals surface area contributed by atoms with Crippen molar-refractivity contribution in [2.45, 2.75) is 63.8 Å². The summed E-state index contributed by atoms with van der Waals surface area (Å²) in [6, 6.07) is 7.59. The van der Waals surface area contributed by atoms with Crippen molar-refractivity contribution in [3.05, 3.63) is 53.6 Å². The molecular weight excluding hydrogens is 518 g/mol. The smallest absolute Gasteiger partial charge is 0.308 e. The second kappa shape index (κ2) is 14.2. The minimum atomic E-state index is -0.816. The molecule has 9 heteroatoms. The summed E-state index contributed by atoms with van der Waals surface area (Å²) in [6.07, 6.45) is 9.44. The van der Waals surface area contributed by atoms with Gasteiger partial charge in [-0.3, -0.25) is 14.5 Å². The third-order valence-corrected chi connectivity index (χ3v) is 8.44. The van der Waals surface area contributed by atoms with E-state index >= 15 is 0 Å². The molecule has 0 unspecified atom stereocenters. The first-order chi connectivity index (χ1) is 19.7. The van der Waals surface area contributed by atoms with Gasteiger partial charge in [0.25, 0.3) is 0 Å². The van der Waals surface area contributed by atoms with Gasteiger partial charge in [0.2, 0.25) is 5.91 Å². The number of hydrogen-bond acceptors (Lipinski definition) is 6. The minimum absolute atomic E-state index is 0.0943. The Morgan fingerprint density at radius 1 is 1.12 bits per heavy atom. The molecule has 0 aliphatic carbocycles. The van der Waals surface area contributed by atoms with Gasteiger partial charge in [0.1, 0.15) is 11.6 Å². The Bertz CT molecular complexity index is 1150. The van der Waals surface area contributed by atoms with E-state index in [1.54, 1.807) is 18.5 Å². The predicted molar refractivity (Wildman–Crippen MR) is 159 cm³/mol. The van der Waals surface area contributed by atoms with Gasteiger partial charge in [-0.1, -0.05) is 25.5 Å². The Balaban J connectivity index is 1.54. The van der Waals surface area contributed by atoms with Gasteiger partial charge >= 0.3 is 5.97 Å². The molecule has 9 nitrogen and oxygen atoms in total. The van der Waals surface area contributed by atoms with Crippen LogP contribution < -0.4 is 4.74 Å². The van der Waals surface area contributed by atoms with Gasteiger partial charge in [-0.15, -0.1) is 0 Å². The normalized spacial score (nSPS) is 20.5. The van der Waals surface area contributed by atoms with E-state index in [1.807, 2.05) is 17.0 Å². The molecule has 1 fully saturated rings. The van der Waals surface area contributed by atoms with Gasteiger partial charge in [-0.2, -0.15) is 0 Å². The van der Waals surface area contributed by atoms with E-state index < -0.39 is 11.9 Å². The van der Waals surface area contributed by atoms with Crippen LogP contribution in [-0.4, -0.2) is 108 Å². The number of quaternary nitrogens is 1. The van der Waals surface area contributed by atoms with Crippen LogP contribution in [0.1, 0.15) is 61.9 Å². The van der Waals surface area contributed by atoms with Crippen LogP contribution in [0.3, 0.4) is 0 Å². The average molecular weight is 567 g/mol. The number of benzene rings is 1. The average Bonchev–Trinajstić information content (AvgIpc) is 3.55. The number of carboxylic acid groups (broad SMARTS) is 1. The standard InChI is InChI=1S/C32H47N5O4/c1-5-6-17-35(18-7-8-19-37(2,3)4)30(38)23-36-22-26(24-10-12-28-25(21-24)14-20-41-28)31(32(39)40)27(36)11-13-29-33-15-9-16-34-29/h9-10,12,15-16,21,26-27,31H,5-8,11,13-14,17-20,22-23H2,1-4H3/p+1/t26-,27+,31-/m1/s1. The Morgan fingerprint density at radius 3 is 2.59 bits per heavy atom. The third-order valence-electron chi connectivity index (χ3n) is 8.44. The molecule has 0 radical (unpaired) electrons. The number of rotatable bonds is 15. The number of likely N-dealkylation sites (tertiary alicyclic amines) is 1. The fourth-order valence-electron chi connectivity index (χ4n) is 6.24. The van der Waals surface area contributed by atoms with Crippen LogP contribution in [0.5, 0.6) is 5.75 Å². The van der Waals surface area contributed by atoms with E-state index in [4.69, 9.17) is 4.74 Å². The fourth-order valence-corrected chi connectivity index (χ4v) is 6.24. The lowest BCUT2D eigenvalue weighted by Gasteiger charge is -2.30. The van der Waals surface area contributed by atoms with Crippen molar-refractivity contribution in [3.8, 4) is 5.75 Å². The molecule has 1 amide bonds. The molecule has 2 aliphatic rings. The van der Waals surface area contributed by atoms with Crippen LogP contribution >= 0.6 is 0 Å². The molecule has 3 atom stereocenters. The maximum Gasteiger partial charge on any atom is 0.308 e. The van der Waals surface area contributed by atoms with Crippen LogP contribution in [0, 0.1) is 5.92 Å². The van der Waals surface area contributed by atoms with Crippen molar-refractivity contribution < 1.29 is 23.9 Å². The Morgan fingerprint density at radius 2 is 1.88 bits per heavy atom. The van der Waals surface area contributed by atoms with E-state index in [1.165, 1.54) is 0 Å². The number of nitrogens with zero attached hydrogens (tertiary/aromatic N) is 5. The van der Waals surface area contributed by atoms with E-state index in [-0.39, 0.29) is 24.4 Å². The number of amides is 1. The molecule has 1 N–H and O–H groups in total. The minimum Gasteiger partial charge on any atom is -0.493 e. The first-order valence-electron chi connectivity index (χ1n) is 15.2. The zero-order valence-corrected chi connectivity index (χ0v) is 25.3. The Hall–Kier alpha value is -3.04. The van der Waals surface area contributed by atoms with E-state index in [0.717, 1.165) is 73.1 Å². The second-order valence-electron chi connectivity index (χ2n) is 12.6. The number of unbranched alkanes of at least 4 members (excludes halogenated alkanes) is 2. The van der Waals surface area contributed by atoms with Gasteiger partial charge in [0, 0.05) is 56.8 Å². The number of ether oxygens (including phenoxy) is 1. The first-order valence-corrected chi connectivity index (χ1v) is 15.2. The molecule has 2 aliphatic heterocycles. The largest absolute Gasteiger partial charge is 0.493 e. The van der Waals surface area contributed by atoms with E-state index in [9.17, 15) is 14.7 Å². The molecule has 1 saturated heterocycles. The second-order valence-corrected chi connectivity index (χ2v) is 12.6. The number of aromatic nitrogens is 2. The number of carbonyl (C=O) groups is 2. The SMILES string of the molecule is CCCCN(CCCC[N+](C)(C)C)C(=O)CN1C[C@H](c2ccc3c(c2)CCO3)[C@@H](C(=O)O)[C@@H]1CCc1ncccn1. The lowest BCUT2D eigenvalue weighted by atomic mass is 9.83. The quantitative estimate of drug-likeness (QED) is 0.260. The number of carboxylic acids is 1. The summed E-state index contributed by atoms with van der Waals surface area (Å²) in [6.45, 7) is 6.12. The summed E-state index contributed by atoms with van der Waals surface area (Å²) >= 11 is 0. The monoisotopic (exact) mass is 566 g/mol. The highest BCUT2D eigenvalue weighted by atomic mass is 16.5. The van der Waals surface area contributed by atoms with Crippen LogP contribution in [0.25, 0.3) is 0 Å². The molecule has 0 saturated carbocycles. The Kier molecular flexibility index (Phi) is 10.7. The van der Waals surface area contributed by atoms with E-state index in [0.29, 0.717) is 31.8 Å². The molecule has 224 valence electrons. The molecule has 0 bridgehead atoms. The van der Waals surface area contributed by atoms with E-state index in [2.05, 4.69) is 49.0 Å². The summed E-state index contributed by atoms with van der Waals surface area (Å²) in [7, 11) is 6.58. The van der Waals surface area contributed by atoms with Crippen molar-refractivity contribution >= 4 is 11.9 Å². The van der Waals surface area contributed by atoms with Crippen molar-refractivity contribution in [3.63, 3.8) is 0 Å². The molecule has 41 heavy (non-hydrogen) atoms. The molecule has 2 aromatic rings. The summed E-state index contributed by atoms with van der Waals surface area (Å²) in [5.74, 6) is 0.0332. The molecule has 1 aromatic carbocycles. The maximum absolute atomic E-state index is 13.8. The summed E-state index contributed by atoms with van der Waals surface area (Å²) in [4.78, 5) is 39.5. The highest BCUT2D eigenvalue weighted by Gasteiger charge is 2.47. The first kappa shape index (κ1) is 30.9. The number of carbonyl (C=O) groups excluding carboxylic acids is 1. The summed E-state index contributed by atoms with van der Waals surface area (Å²) in [5, 5.41) is 10.5. The van der Waals surface area contributed by atoms with Crippen molar-refractivity contribution in [2.24, 2.45) is 5.92 Å². The molecule has 1 aromatic heterocycles. The molecular formula is C32H48N5O4+. The highest BCUT2D eigenvalue weighted by Crippen LogP contribution is 2.41. The highest BCUT2D eigenvalue weighted by molar-refractivity contribution is 5.79. The lowest BCUT2D eigenvalue weighted by Crippen LogP contribution is -2.45. The van der Waals surface area contributed by atoms with Crippen molar-refractivity contribution in [1.82, 2.24) is 19.8 Å². The summed E-state index contributed by atoms with van der Waals surface area (Å²) in [5.41, 5.74) is 2.15. The Labute approximate surface area is 245 Å². The van der Waals surface area contributed by atoms with Gasteiger partial charge in [0.15, 0.2) is 0 Å². The van der Waals surface area contributed by atoms with Crippen LogP contribution in [0.2, 0.25) is 0 Å². The molecule has 0 spiro atoms. The number of fused-ring (bicyclic) bond motifs is 1. The van der Waals surface area contributed by atoms with Gasteiger partial charge < -0.3 is 19.2 Å². The van der Waals surface area contributed by atoms with Crippen molar-refractivity contribution in [1.29, 1.82) is 0 Å². The van der Waals surface area contributed by atoms with Crippen LogP contribution in [0.4, 0.5) is 0 Å². The number of aryl methyl sites for hydroxylation is 1. The van der Waals surface area contributed by atoms with Crippen LogP contribution in [-0.2, 0) is 22.4 Å². The van der Waals surface area contributed by atoms with Gasteiger partial charge in [0.05, 0.1) is 46.8 Å². The van der Waals surface area contributed by atoms with Crippen LogP contribution in [0.15, 0.2) is 36.7 Å². The van der Waals surface area contributed by atoms with Gasteiger partial charge in [-0.25, -0.2) is 9.97 Å². The summed E-state index contributed by atoms with van der Waals surface area (Å²) < 4.78 is 6.61. The lowest BCUT2D eigenvalue weighted by molar-refractivity contribution is -0.870.